The minimum absolute atomic E-state index is 0.162. The van der Waals surface area contributed by atoms with Crippen molar-refractivity contribution in [3.05, 3.63) is 29.8 Å². The normalized spacial score (nSPS) is 15.7. The molecule has 2 unspecified atom stereocenters. The number of rotatable bonds is 5. The maximum absolute atomic E-state index is 13.5. The van der Waals surface area contributed by atoms with Crippen molar-refractivity contribution in [1.29, 1.82) is 0 Å². The van der Waals surface area contributed by atoms with E-state index in [0.29, 0.717) is 6.42 Å². The van der Waals surface area contributed by atoms with Crippen LogP contribution in [0, 0.1) is 11.6 Å². The number of hydrogen-bond acceptors (Lipinski definition) is 4. The molecule has 1 rings (SSSR count). The molecule has 1 aromatic carbocycles. The number of benzene rings is 1. The van der Waals surface area contributed by atoms with E-state index >= 15 is 0 Å². The predicted octanol–water partition coefficient (Wildman–Crippen LogP) is 2.73. The van der Waals surface area contributed by atoms with Crippen molar-refractivity contribution >= 4 is 17.7 Å². The summed E-state index contributed by atoms with van der Waals surface area (Å²) in [5.41, 5.74) is 4.69. The molecule has 0 fully saturated rings. The van der Waals surface area contributed by atoms with Crippen molar-refractivity contribution in [2.24, 2.45) is 5.73 Å². The van der Waals surface area contributed by atoms with Crippen molar-refractivity contribution in [1.82, 2.24) is 0 Å². The summed E-state index contributed by atoms with van der Waals surface area (Å²) in [6.07, 6.45) is 0.292. The number of thioether (sulfide) groups is 1. The van der Waals surface area contributed by atoms with E-state index in [1.54, 1.807) is 13.8 Å². The molecule has 0 spiro atoms. The van der Waals surface area contributed by atoms with Crippen molar-refractivity contribution in [2.75, 3.05) is 7.11 Å². The Morgan fingerprint density at radius 2 is 2.16 bits per heavy atom. The molecule has 0 aliphatic carbocycles. The minimum Gasteiger partial charge on any atom is -0.468 e. The summed E-state index contributed by atoms with van der Waals surface area (Å²) in [6, 6.07) is 3.26. The van der Waals surface area contributed by atoms with Crippen molar-refractivity contribution < 1.29 is 18.3 Å². The van der Waals surface area contributed by atoms with Crippen LogP contribution in [-0.2, 0) is 9.53 Å². The minimum atomic E-state index is -1.15. The molecule has 0 saturated carbocycles. The van der Waals surface area contributed by atoms with Crippen LogP contribution >= 0.6 is 11.8 Å². The maximum atomic E-state index is 13.5. The van der Waals surface area contributed by atoms with Crippen LogP contribution in [0.15, 0.2) is 23.1 Å². The van der Waals surface area contributed by atoms with Gasteiger partial charge in [-0.15, -0.1) is 11.8 Å². The van der Waals surface area contributed by atoms with Crippen LogP contribution in [0.1, 0.15) is 20.3 Å². The highest BCUT2D eigenvalue weighted by molar-refractivity contribution is 8.00. The van der Waals surface area contributed by atoms with E-state index in [4.69, 9.17) is 5.73 Å². The Balaban J connectivity index is 2.72. The topological polar surface area (TPSA) is 52.3 Å². The summed E-state index contributed by atoms with van der Waals surface area (Å²) in [6.45, 7) is 3.35. The van der Waals surface area contributed by atoms with E-state index in [9.17, 15) is 13.6 Å². The Bertz CT molecular complexity index is 466. The van der Waals surface area contributed by atoms with Crippen LogP contribution in [0.2, 0.25) is 0 Å². The number of halogens is 2. The maximum Gasteiger partial charge on any atom is 0.325 e. The standard InChI is InChI=1S/C13H17F2NO2S/c1-8(7-13(2,16)12(17)18-3)19-11-6-9(14)4-5-10(11)15/h4-6,8H,7,16H2,1-3H3. The third-order valence-corrected chi connectivity index (χ3v) is 3.72. The van der Waals surface area contributed by atoms with Gasteiger partial charge in [0.15, 0.2) is 0 Å². The summed E-state index contributed by atoms with van der Waals surface area (Å²) in [5.74, 6) is -1.52. The first-order valence-corrected chi connectivity index (χ1v) is 6.63. The summed E-state index contributed by atoms with van der Waals surface area (Å²) >= 11 is 1.14. The Morgan fingerprint density at radius 1 is 1.53 bits per heavy atom. The van der Waals surface area contributed by atoms with Gasteiger partial charge < -0.3 is 10.5 Å². The molecule has 2 N–H and O–H groups in total. The van der Waals surface area contributed by atoms with E-state index < -0.39 is 23.1 Å². The van der Waals surface area contributed by atoms with Crippen LogP contribution in [0.25, 0.3) is 0 Å². The van der Waals surface area contributed by atoms with Gasteiger partial charge in [0, 0.05) is 10.1 Å². The van der Waals surface area contributed by atoms with Crippen LogP contribution in [0.3, 0.4) is 0 Å². The first-order valence-electron chi connectivity index (χ1n) is 5.75. The summed E-state index contributed by atoms with van der Waals surface area (Å²) in [7, 11) is 1.26. The number of ether oxygens (including phenoxy) is 1. The molecule has 2 atom stereocenters. The van der Waals surface area contributed by atoms with Crippen LogP contribution in [0.5, 0.6) is 0 Å². The SMILES string of the molecule is COC(=O)C(C)(N)CC(C)Sc1cc(F)ccc1F. The second kappa shape index (κ2) is 6.34. The third kappa shape index (κ3) is 4.47. The van der Waals surface area contributed by atoms with Gasteiger partial charge in [-0.1, -0.05) is 6.92 Å². The number of hydrogen-bond donors (Lipinski definition) is 1. The van der Waals surface area contributed by atoms with Crippen molar-refractivity contribution in [3.63, 3.8) is 0 Å². The van der Waals surface area contributed by atoms with Gasteiger partial charge in [0.1, 0.15) is 17.2 Å². The molecular weight excluding hydrogens is 272 g/mol. The van der Waals surface area contributed by atoms with Gasteiger partial charge in [-0.2, -0.15) is 0 Å². The van der Waals surface area contributed by atoms with Crippen LogP contribution in [-0.4, -0.2) is 23.9 Å². The molecule has 0 bridgehead atoms. The Morgan fingerprint density at radius 3 is 2.74 bits per heavy atom. The van der Waals surface area contributed by atoms with Gasteiger partial charge in [-0.05, 0) is 31.5 Å². The van der Waals surface area contributed by atoms with Gasteiger partial charge in [-0.3, -0.25) is 4.79 Å². The molecule has 1 aromatic rings. The molecule has 106 valence electrons. The monoisotopic (exact) mass is 289 g/mol. The lowest BCUT2D eigenvalue weighted by molar-refractivity contribution is -0.146. The molecule has 0 amide bonds. The van der Waals surface area contributed by atoms with E-state index in [0.717, 1.165) is 30.0 Å². The summed E-state index contributed by atoms with van der Waals surface area (Å²) in [5, 5.41) is -0.162. The fourth-order valence-electron chi connectivity index (χ4n) is 1.74. The summed E-state index contributed by atoms with van der Waals surface area (Å²) < 4.78 is 31.1. The lowest BCUT2D eigenvalue weighted by Crippen LogP contribution is -2.47. The number of esters is 1. The molecule has 0 aliphatic heterocycles. The second-order valence-electron chi connectivity index (χ2n) is 4.62. The number of carbonyl (C=O) groups excluding carboxylic acids is 1. The fraction of sp³-hybridized carbons (Fsp3) is 0.462. The lowest BCUT2D eigenvalue weighted by Gasteiger charge is -2.24. The average Bonchev–Trinajstić information content (AvgIpc) is 2.32. The number of carbonyl (C=O) groups is 1. The predicted molar refractivity (Wildman–Crippen MR) is 70.9 cm³/mol. The molecule has 19 heavy (non-hydrogen) atoms. The van der Waals surface area contributed by atoms with Gasteiger partial charge in [0.2, 0.25) is 0 Å². The highest BCUT2D eigenvalue weighted by Gasteiger charge is 2.31. The van der Waals surface area contributed by atoms with Crippen LogP contribution < -0.4 is 5.73 Å². The molecule has 0 saturated heterocycles. The van der Waals surface area contributed by atoms with Gasteiger partial charge in [0.05, 0.1) is 7.11 Å². The zero-order valence-corrected chi connectivity index (χ0v) is 11.9. The molecule has 0 aromatic heterocycles. The van der Waals surface area contributed by atoms with E-state index in [2.05, 4.69) is 4.74 Å². The molecular formula is C13H17F2NO2S. The fourth-order valence-corrected chi connectivity index (χ4v) is 2.96. The highest BCUT2D eigenvalue weighted by Crippen LogP contribution is 2.30. The first kappa shape index (κ1) is 15.9. The van der Waals surface area contributed by atoms with Crippen molar-refractivity contribution in [3.8, 4) is 0 Å². The van der Waals surface area contributed by atoms with E-state index in [1.165, 1.54) is 7.11 Å². The second-order valence-corrected chi connectivity index (χ2v) is 6.10. The van der Waals surface area contributed by atoms with E-state index in [-0.39, 0.29) is 10.1 Å². The molecule has 0 aliphatic rings. The average molecular weight is 289 g/mol. The van der Waals surface area contributed by atoms with Crippen LogP contribution in [0.4, 0.5) is 8.78 Å². The summed E-state index contributed by atoms with van der Waals surface area (Å²) in [4.78, 5) is 11.7. The first-order chi connectivity index (χ1) is 8.76. The zero-order chi connectivity index (χ0) is 14.6. The van der Waals surface area contributed by atoms with Gasteiger partial charge in [-0.25, -0.2) is 8.78 Å². The molecule has 0 heterocycles. The Hall–Kier alpha value is -1.14. The molecule has 3 nitrogen and oxygen atoms in total. The molecule has 6 heteroatoms. The Labute approximate surface area is 115 Å². The van der Waals surface area contributed by atoms with Gasteiger partial charge in [0.25, 0.3) is 0 Å². The largest absolute Gasteiger partial charge is 0.468 e. The zero-order valence-electron chi connectivity index (χ0n) is 11.1. The van der Waals surface area contributed by atoms with Crippen molar-refractivity contribution in [2.45, 2.75) is 36.0 Å². The molecule has 0 radical (unpaired) electrons. The lowest BCUT2D eigenvalue weighted by atomic mass is 9.98. The number of methoxy groups -OCH3 is 1. The van der Waals surface area contributed by atoms with E-state index in [1.807, 2.05) is 0 Å². The third-order valence-electron chi connectivity index (χ3n) is 2.58. The smallest absolute Gasteiger partial charge is 0.325 e. The van der Waals surface area contributed by atoms with Gasteiger partial charge >= 0.3 is 5.97 Å². The quantitative estimate of drug-likeness (QED) is 0.669. The number of nitrogens with two attached hydrogens (primary N) is 1. The Kier molecular flexibility index (Phi) is 5.31. The highest BCUT2D eigenvalue weighted by atomic mass is 32.2.